The molecule has 11 heteroatoms. The van der Waals surface area contributed by atoms with E-state index in [9.17, 15) is 49.5 Å². The molecule has 0 saturated heterocycles. The summed E-state index contributed by atoms with van der Waals surface area (Å²) in [5, 5.41) is 55.1. The molecule has 0 aliphatic carbocycles. The smallest absolute Gasteiger partial charge is 0.305 e. The minimum absolute atomic E-state index is 0.0756. The molecule has 0 aromatic rings. The van der Waals surface area contributed by atoms with Crippen molar-refractivity contribution in [1.29, 1.82) is 0 Å². The molecule has 0 fully saturated rings. The number of hydrogen-bond acceptors (Lipinski definition) is 10. The molecule has 0 aromatic carbocycles. The van der Waals surface area contributed by atoms with Crippen LogP contribution in [0.2, 0.25) is 0 Å². The highest BCUT2D eigenvalue weighted by Gasteiger charge is 2.11. The largest absolute Gasteiger partial charge is 0.481 e. The third kappa shape index (κ3) is 73.5. The molecule has 0 radical (unpaired) electrons. The van der Waals surface area contributed by atoms with Gasteiger partial charge in [0.05, 0.1) is 36.9 Å². The summed E-state index contributed by atoms with van der Waals surface area (Å²) in [5.41, 5.74) is 0. The number of aliphatic hydroxyl groups is 5. The van der Waals surface area contributed by atoms with Gasteiger partial charge >= 0.3 is 5.97 Å². The first kappa shape index (κ1) is 72.9. The number of carbonyl (C=O) groups excluding carboxylic acids is 4. The third-order valence-corrected chi connectivity index (χ3v) is 11.4. The van der Waals surface area contributed by atoms with Gasteiger partial charge in [-0.25, -0.2) is 0 Å². The van der Waals surface area contributed by atoms with E-state index in [1.54, 1.807) is 0 Å². The number of unbranched alkanes of at least 4 members (excludes halogenated alkanes) is 8. The second-order valence-corrected chi connectivity index (χ2v) is 20.3. The van der Waals surface area contributed by atoms with Crippen LogP contribution < -0.4 is 0 Å². The molecule has 0 amide bonds. The lowest BCUT2D eigenvalue weighted by molar-refractivity contribution is -0.139. The zero-order valence-corrected chi connectivity index (χ0v) is 45.2. The summed E-state index contributed by atoms with van der Waals surface area (Å²) in [6.07, 6.45) is 23.2. The Balaban J connectivity index is -0.000000235. The molecule has 6 N–H and O–H groups in total. The lowest BCUT2D eigenvalue weighted by Gasteiger charge is -2.11. The zero-order valence-electron chi connectivity index (χ0n) is 45.2. The maximum Gasteiger partial charge on any atom is 0.305 e. The Morgan fingerprint density at radius 2 is 0.591 bits per heavy atom. The molecule has 0 rings (SSSR count). The first-order valence-corrected chi connectivity index (χ1v) is 26.4. The first-order chi connectivity index (χ1) is 30.8. The van der Waals surface area contributed by atoms with Crippen molar-refractivity contribution in [3.8, 4) is 0 Å². The topological polar surface area (TPSA) is 207 Å². The lowest BCUT2D eigenvalue weighted by Crippen LogP contribution is -2.12. The van der Waals surface area contributed by atoms with Gasteiger partial charge in [0, 0.05) is 25.7 Å². The van der Waals surface area contributed by atoms with Gasteiger partial charge in [0.15, 0.2) is 0 Å². The molecule has 11 nitrogen and oxygen atoms in total. The number of hydrogen-bond donors (Lipinski definition) is 6. The van der Waals surface area contributed by atoms with Crippen LogP contribution in [0.15, 0.2) is 0 Å². The normalized spacial score (nSPS) is 14.0. The number of rotatable bonds is 37. The Kier molecular flexibility index (Phi) is 57.8. The number of carbonyl (C=O) groups is 5. The fourth-order valence-corrected chi connectivity index (χ4v) is 6.82. The van der Waals surface area contributed by atoms with Crippen LogP contribution in [0.1, 0.15) is 270 Å². The van der Waals surface area contributed by atoms with E-state index in [2.05, 4.69) is 62.3 Å². The molecular weight excluding hydrogens is 837 g/mol. The second kappa shape index (κ2) is 52.3. The molecule has 7 atom stereocenters. The van der Waals surface area contributed by atoms with Gasteiger partial charge in [-0.15, -0.1) is 0 Å². The second-order valence-electron chi connectivity index (χ2n) is 20.3. The van der Waals surface area contributed by atoms with E-state index in [1.807, 2.05) is 0 Å². The number of carboxylic acid groups (broad SMARTS) is 1. The summed E-state index contributed by atoms with van der Waals surface area (Å²) in [6, 6.07) is 0. The Labute approximate surface area is 406 Å². The predicted octanol–water partition coefficient (Wildman–Crippen LogP) is 12.7. The summed E-state index contributed by atoms with van der Waals surface area (Å²) >= 11 is 0. The van der Waals surface area contributed by atoms with E-state index < -0.39 is 36.5 Å². The Hall–Kier alpha value is -2.05. The van der Waals surface area contributed by atoms with Crippen LogP contribution in [-0.2, 0) is 24.0 Å². The van der Waals surface area contributed by atoms with Gasteiger partial charge in [-0.2, -0.15) is 0 Å². The van der Waals surface area contributed by atoms with E-state index in [4.69, 9.17) is 5.11 Å². The molecule has 0 saturated carbocycles. The number of carboxylic acids is 1. The quantitative estimate of drug-likeness (QED) is 0.0323. The van der Waals surface area contributed by atoms with Crippen molar-refractivity contribution in [2.75, 3.05) is 0 Å². The van der Waals surface area contributed by atoms with E-state index >= 15 is 0 Å². The molecule has 0 spiro atoms. The summed E-state index contributed by atoms with van der Waals surface area (Å²) in [5.74, 6) is 2.33. The molecule has 1 unspecified atom stereocenters. The van der Waals surface area contributed by atoms with E-state index in [-0.39, 0.29) is 29.6 Å². The molecule has 0 bridgehead atoms. The van der Waals surface area contributed by atoms with Crippen molar-refractivity contribution in [2.45, 2.75) is 300 Å². The third-order valence-electron chi connectivity index (χ3n) is 11.4. The summed E-state index contributed by atoms with van der Waals surface area (Å²) in [6.45, 7) is 25.8. The first-order valence-electron chi connectivity index (χ1n) is 26.4. The van der Waals surface area contributed by atoms with Gasteiger partial charge in [0.2, 0.25) is 0 Å². The maximum atomic E-state index is 10.7. The summed E-state index contributed by atoms with van der Waals surface area (Å²) < 4.78 is 0. The van der Waals surface area contributed by atoms with Crippen molar-refractivity contribution in [1.82, 2.24) is 0 Å². The number of aliphatic carboxylic acids is 1. The lowest BCUT2D eigenvalue weighted by atomic mass is 9.99. The summed E-state index contributed by atoms with van der Waals surface area (Å²) in [4.78, 5) is 52.8. The minimum atomic E-state index is -0.917. The minimum Gasteiger partial charge on any atom is -0.481 e. The van der Waals surface area contributed by atoms with Gasteiger partial charge < -0.3 is 30.6 Å². The molecule has 396 valence electrons. The van der Waals surface area contributed by atoms with Crippen LogP contribution >= 0.6 is 0 Å². The van der Waals surface area contributed by atoms with Crippen LogP contribution in [0.4, 0.5) is 0 Å². The SMILES string of the molecule is CC(=O)C[C@H](O)CCCCC(C)C.CC(C)CCCCC[C@@H](O)CC(=O)O.CCC(C)CC[C@@H](O)CC(C)=O.CCCCCCC[C@@H](O)CC(C)=O.CC[C@H](C)CCCC[C@@H](O)CC(C)=O. The fraction of sp³-hybridized carbons (Fsp3) is 0.909. The van der Waals surface area contributed by atoms with E-state index in [0.29, 0.717) is 38.0 Å². The highest BCUT2D eigenvalue weighted by atomic mass is 16.4. The Morgan fingerprint density at radius 1 is 0.333 bits per heavy atom. The standard InChI is InChI=1S/C12H24O2.C11H22O3.2C11H22O2.C10H20O2/c1-4-10(2)7-5-6-8-12(14)9-11(3)13;1-9(2)6-4-3-5-7-10(12)8-11(13)14;1-9(2)6-4-5-7-11(13)8-10(3)12;1-3-4-5-6-7-8-11(13)9-10(2)12;1-4-8(2)5-6-10(12)7-9(3)11/h10,12,14H,4-9H2,1-3H3;9-10,12H,3-8H2,1-2H3,(H,13,14);9,11,13H,4-8H2,1-3H3;11,13H,3-9H2,1-2H3;8,10,12H,4-7H2,1-3H3/t10-,12+;10-;2*11-;8?,10-/m01111/s1. The fourth-order valence-electron chi connectivity index (χ4n) is 6.82. The summed E-state index contributed by atoms with van der Waals surface area (Å²) in [7, 11) is 0. The van der Waals surface area contributed by atoms with Crippen molar-refractivity contribution in [3.05, 3.63) is 0 Å². The van der Waals surface area contributed by atoms with Crippen LogP contribution in [0, 0.1) is 23.7 Å². The van der Waals surface area contributed by atoms with Crippen molar-refractivity contribution >= 4 is 29.1 Å². The number of Topliss-reactive ketones (excluding diaryl/α,β-unsaturated/α-hetero) is 4. The van der Waals surface area contributed by atoms with Crippen LogP contribution in [0.5, 0.6) is 0 Å². The monoisotopic (exact) mass is 947 g/mol. The molecule has 0 heterocycles. The zero-order chi connectivity index (χ0) is 51.9. The molecule has 0 aromatic heterocycles. The van der Waals surface area contributed by atoms with Crippen LogP contribution in [-0.4, -0.2) is 90.3 Å². The van der Waals surface area contributed by atoms with Crippen LogP contribution in [0.3, 0.4) is 0 Å². The maximum absolute atomic E-state index is 10.7. The Bertz CT molecular complexity index is 1110. The van der Waals surface area contributed by atoms with Gasteiger partial charge in [-0.1, -0.05) is 171 Å². The molecule has 0 aliphatic rings. The van der Waals surface area contributed by atoms with Crippen LogP contribution in [0.25, 0.3) is 0 Å². The van der Waals surface area contributed by atoms with Gasteiger partial charge in [0.1, 0.15) is 23.1 Å². The predicted molar refractivity (Wildman–Crippen MR) is 275 cm³/mol. The van der Waals surface area contributed by atoms with Crippen molar-refractivity contribution < 1.29 is 54.6 Å². The van der Waals surface area contributed by atoms with Crippen molar-refractivity contribution in [2.24, 2.45) is 23.7 Å². The highest BCUT2D eigenvalue weighted by Crippen LogP contribution is 2.16. The van der Waals surface area contributed by atoms with Gasteiger partial charge in [-0.05, 0) is 89.9 Å². The molecular formula is C55H110O11. The molecule has 66 heavy (non-hydrogen) atoms. The highest BCUT2D eigenvalue weighted by molar-refractivity contribution is 5.76. The van der Waals surface area contributed by atoms with E-state index in [1.165, 1.54) is 91.9 Å². The van der Waals surface area contributed by atoms with Crippen molar-refractivity contribution in [3.63, 3.8) is 0 Å². The van der Waals surface area contributed by atoms with E-state index in [0.717, 1.165) is 94.8 Å². The van der Waals surface area contributed by atoms with Gasteiger partial charge in [-0.3, -0.25) is 24.0 Å². The Morgan fingerprint density at radius 3 is 0.909 bits per heavy atom. The van der Waals surface area contributed by atoms with Gasteiger partial charge in [0.25, 0.3) is 0 Å². The number of ketones is 4. The molecule has 0 aliphatic heterocycles. The number of aliphatic hydroxyl groups excluding tert-OH is 5. The average Bonchev–Trinajstić information content (AvgIpc) is 3.19. The average molecular weight is 947 g/mol.